The normalized spacial score (nSPS) is 11.5. The lowest BCUT2D eigenvalue weighted by Crippen LogP contribution is -2.23. The van der Waals surface area contributed by atoms with Crippen LogP contribution in [-0.2, 0) is 11.3 Å². The second-order valence-electron chi connectivity index (χ2n) is 5.49. The molecule has 0 bridgehead atoms. The van der Waals surface area contributed by atoms with Gasteiger partial charge in [0, 0.05) is 6.54 Å². The number of carbonyl (C=O) groups excluding carboxylic acids is 1. The highest BCUT2D eigenvalue weighted by Crippen LogP contribution is 2.35. The van der Waals surface area contributed by atoms with Crippen molar-refractivity contribution in [2.75, 3.05) is 4.43 Å². The highest BCUT2D eigenvalue weighted by atomic mass is 127. The van der Waals surface area contributed by atoms with Crippen LogP contribution in [0.25, 0.3) is 32.3 Å². The Bertz CT molecular complexity index is 977. The summed E-state index contributed by atoms with van der Waals surface area (Å²) in [6.45, 7) is 0.579. The SMILES string of the molecule is O=C(CI)NCc1ccc2ccc3cccc4ccc1c2c34. The lowest BCUT2D eigenvalue weighted by Gasteiger charge is -2.14. The smallest absolute Gasteiger partial charge is 0.230 e. The van der Waals surface area contributed by atoms with E-state index >= 15 is 0 Å². The van der Waals surface area contributed by atoms with Gasteiger partial charge in [0.2, 0.25) is 5.91 Å². The van der Waals surface area contributed by atoms with Gasteiger partial charge in [-0.25, -0.2) is 0 Å². The van der Waals surface area contributed by atoms with Gasteiger partial charge in [0.1, 0.15) is 0 Å². The van der Waals surface area contributed by atoms with E-state index in [4.69, 9.17) is 0 Å². The van der Waals surface area contributed by atoms with Crippen LogP contribution in [0.4, 0.5) is 0 Å². The molecule has 4 aromatic rings. The molecule has 0 saturated heterocycles. The van der Waals surface area contributed by atoms with Gasteiger partial charge < -0.3 is 5.32 Å². The topological polar surface area (TPSA) is 29.1 Å². The van der Waals surface area contributed by atoms with Crippen molar-refractivity contribution in [3.63, 3.8) is 0 Å². The van der Waals surface area contributed by atoms with Crippen LogP contribution in [0.2, 0.25) is 0 Å². The highest BCUT2D eigenvalue weighted by Gasteiger charge is 2.10. The molecule has 0 aliphatic heterocycles. The molecular formula is C19H14INO. The van der Waals surface area contributed by atoms with Crippen LogP contribution in [0.5, 0.6) is 0 Å². The lowest BCUT2D eigenvalue weighted by atomic mass is 9.92. The fourth-order valence-corrected chi connectivity index (χ4v) is 3.46. The van der Waals surface area contributed by atoms with Crippen LogP contribution in [0.1, 0.15) is 5.56 Å². The molecule has 0 fully saturated rings. The van der Waals surface area contributed by atoms with E-state index in [0.717, 1.165) is 0 Å². The molecule has 0 aromatic heterocycles. The van der Waals surface area contributed by atoms with Gasteiger partial charge in [-0.2, -0.15) is 0 Å². The van der Waals surface area contributed by atoms with E-state index in [1.165, 1.54) is 37.9 Å². The Kier molecular flexibility index (Phi) is 3.37. The van der Waals surface area contributed by atoms with Gasteiger partial charge in [0.05, 0.1) is 4.43 Å². The standard InChI is InChI=1S/C19H14INO/c20-10-17(22)21-11-15-7-6-14-5-4-12-2-1-3-13-8-9-16(15)19(14)18(12)13/h1-9H,10-11H2,(H,21,22). The van der Waals surface area contributed by atoms with Gasteiger partial charge in [-0.15, -0.1) is 0 Å². The molecule has 0 unspecified atom stereocenters. The number of nitrogens with one attached hydrogen (secondary N) is 1. The molecule has 0 heterocycles. The minimum atomic E-state index is 0.0753. The predicted octanol–water partition coefficient (Wildman–Crippen LogP) is 4.64. The fourth-order valence-electron chi connectivity index (χ4n) is 3.19. The van der Waals surface area contributed by atoms with Crippen molar-refractivity contribution in [2.24, 2.45) is 0 Å². The summed E-state index contributed by atoms with van der Waals surface area (Å²) in [7, 11) is 0. The quantitative estimate of drug-likeness (QED) is 0.304. The summed E-state index contributed by atoms with van der Waals surface area (Å²) in [4.78, 5) is 11.5. The van der Waals surface area contributed by atoms with E-state index in [1.54, 1.807) is 0 Å². The zero-order valence-electron chi connectivity index (χ0n) is 11.9. The van der Waals surface area contributed by atoms with Crippen LogP contribution in [0.15, 0.2) is 54.6 Å². The summed E-state index contributed by atoms with van der Waals surface area (Å²) in [5.74, 6) is 0.0753. The Hall–Kier alpha value is -1.88. The van der Waals surface area contributed by atoms with Gasteiger partial charge in [-0.3, -0.25) is 4.79 Å². The van der Waals surface area contributed by atoms with E-state index in [9.17, 15) is 4.79 Å². The highest BCUT2D eigenvalue weighted by molar-refractivity contribution is 14.1. The number of alkyl halides is 1. The van der Waals surface area contributed by atoms with Crippen molar-refractivity contribution < 1.29 is 4.79 Å². The van der Waals surface area contributed by atoms with Gasteiger partial charge in [0.15, 0.2) is 0 Å². The van der Waals surface area contributed by atoms with Crippen molar-refractivity contribution in [2.45, 2.75) is 6.54 Å². The zero-order chi connectivity index (χ0) is 15.1. The molecule has 4 rings (SSSR count). The van der Waals surface area contributed by atoms with Gasteiger partial charge in [-0.05, 0) is 37.9 Å². The molecule has 3 heteroatoms. The summed E-state index contributed by atoms with van der Waals surface area (Å²) in [6, 6.07) is 19.4. The van der Waals surface area contributed by atoms with E-state index in [-0.39, 0.29) is 5.91 Å². The van der Waals surface area contributed by atoms with Crippen LogP contribution < -0.4 is 5.32 Å². The third kappa shape index (κ3) is 2.11. The van der Waals surface area contributed by atoms with Crippen LogP contribution >= 0.6 is 22.6 Å². The first-order chi connectivity index (χ1) is 10.8. The van der Waals surface area contributed by atoms with Crippen LogP contribution in [0, 0.1) is 0 Å². The van der Waals surface area contributed by atoms with E-state index in [1.807, 2.05) is 0 Å². The first kappa shape index (κ1) is 13.8. The Morgan fingerprint density at radius 3 is 2.23 bits per heavy atom. The minimum absolute atomic E-state index is 0.0753. The maximum absolute atomic E-state index is 11.5. The third-order valence-corrected chi connectivity index (χ3v) is 4.91. The lowest BCUT2D eigenvalue weighted by molar-refractivity contribution is -0.118. The number of amides is 1. The molecule has 0 saturated carbocycles. The molecule has 1 N–H and O–H groups in total. The molecule has 0 aliphatic rings. The second-order valence-corrected chi connectivity index (χ2v) is 6.25. The molecule has 0 spiro atoms. The first-order valence-corrected chi connectivity index (χ1v) is 8.78. The Morgan fingerprint density at radius 2 is 1.50 bits per heavy atom. The van der Waals surface area contributed by atoms with Gasteiger partial charge in [0.25, 0.3) is 0 Å². The summed E-state index contributed by atoms with van der Waals surface area (Å²) >= 11 is 2.08. The number of carbonyl (C=O) groups is 1. The first-order valence-electron chi connectivity index (χ1n) is 7.26. The summed E-state index contributed by atoms with van der Waals surface area (Å²) in [5, 5.41) is 10.6. The molecule has 108 valence electrons. The summed E-state index contributed by atoms with van der Waals surface area (Å²) < 4.78 is 0.490. The molecule has 0 aliphatic carbocycles. The molecular weight excluding hydrogens is 385 g/mol. The molecule has 4 aromatic carbocycles. The van der Waals surface area contributed by atoms with Crippen molar-refractivity contribution in [1.82, 2.24) is 5.32 Å². The predicted molar refractivity (Wildman–Crippen MR) is 101 cm³/mol. The molecule has 22 heavy (non-hydrogen) atoms. The number of benzene rings is 4. The number of halogens is 1. The third-order valence-electron chi connectivity index (χ3n) is 4.22. The van der Waals surface area contributed by atoms with Crippen LogP contribution in [-0.4, -0.2) is 10.3 Å². The summed E-state index contributed by atoms with van der Waals surface area (Å²) in [5.41, 5.74) is 1.17. The Labute approximate surface area is 142 Å². The number of hydrogen-bond acceptors (Lipinski definition) is 1. The number of hydrogen-bond donors (Lipinski definition) is 1. The van der Waals surface area contributed by atoms with Gasteiger partial charge in [-0.1, -0.05) is 77.2 Å². The van der Waals surface area contributed by atoms with Crippen LogP contribution in [0.3, 0.4) is 0 Å². The molecule has 0 atom stereocenters. The Balaban J connectivity index is 1.98. The molecule has 1 amide bonds. The minimum Gasteiger partial charge on any atom is -0.351 e. The van der Waals surface area contributed by atoms with Crippen molar-refractivity contribution in [3.05, 3.63) is 60.2 Å². The molecule has 2 nitrogen and oxygen atoms in total. The fraction of sp³-hybridized carbons (Fsp3) is 0.105. The monoisotopic (exact) mass is 399 g/mol. The zero-order valence-corrected chi connectivity index (χ0v) is 14.1. The Morgan fingerprint density at radius 1 is 0.864 bits per heavy atom. The average molecular weight is 399 g/mol. The second kappa shape index (κ2) is 5.39. The van der Waals surface area contributed by atoms with E-state index in [2.05, 4.69) is 82.5 Å². The van der Waals surface area contributed by atoms with Crippen molar-refractivity contribution in [3.8, 4) is 0 Å². The van der Waals surface area contributed by atoms with E-state index in [0.29, 0.717) is 11.0 Å². The van der Waals surface area contributed by atoms with Crippen molar-refractivity contribution >= 4 is 60.8 Å². The average Bonchev–Trinajstić information content (AvgIpc) is 2.58. The van der Waals surface area contributed by atoms with Gasteiger partial charge >= 0.3 is 0 Å². The largest absolute Gasteiger partial charge is 0.351 e. The molecule has 0 radical (unpaired) electrons. The maximum atomic E-state index is 11.5. The maximum Gasteiger partial charge on any atom is 0.230 e. The van der Waals surface area contributed by atoms with E-state index < -0.39 is 0 Å². The summed E-state index contributed by atoms with van der Waals surface area (Å²) in [6.07, 6.45) is 0. The van der Waals surface area contributed by atoms with Crippen molar-refractivity contribution in [1.29, 1.82) is 0 Å². The number of rotatable bonds is 3.